The maximum absolute atomic E-state index is 12.0. The topological polar surface area (TPSA) is 70.7 Å². The summed E-state index contributed by atoms with van der Waals surface area (Å²) in [6.45, 7) is 0. The second-order valence-electron chi connectivity index (χ2n) is 5.72. The Morgan fingerprint density at radius 3 is 2.72 bits per heavy atom. The van der Waals surface area contributed by atoms with Crippen LogP contribution in [0, 0.1) is 0 Å². The van der Waals surface area contributed by atoms with Crippen molar-refractivity contribution in [2.24, 2.45) is 0 Å². The van der Waals surface area contributed by atoms with Gasteiger partial charge in [0.05, 0.1) is 16.4 Å². The van der Waals surface area contributed by atoms with E-state index in [-0.39, 0.29) is 5.91 Å². The van der Waals surface area contributed by atoms with Crippen molar-refractivity contribution in [3.63, 3.8) is 0 Å². The highest BCUT2D eigenvalue weighted by atomic mass is 32.1. The molecular weight excluding hydrogens is 332 g/mol. The predicted octanol–water partition coefficient (Wildman–Crippen LogP) is 4.26. The summed E-state index contributed by atoms with van der Waals surface area (Å²) in [6.07, 6.45) is 4.64. The van der Waals surface area contributed by atoms with Gasteiger partial charge in [0, 0.05) is 23.9 Å². The van der Waals surface area contributed by atoms with Crippen molar-refractivity contribution >= 4 is 33.1 Å². The van der Waals surface area contributed by atoms with Crippen molar-refractivity contribution < 1.29 is 4.79 Å². The van der Waals surface area contributed by atoms with E-state index in [4.69, 9.17) is 0 Å². The molecule has 0 aliphatic carbocycles. The van der Waals surface area contributed by atoms with Crippen LogP contribution in [0.2, 0.25) is 0 Å². The molecule has 2 aromatic carbocycles. The Morgan fingerprint density at radius 2 is 1.96 bits per heavy atom. The van der Waals surface area contributed by atoms with Crippen LogP contribution in [0.5, 0.6) is 0 Å². The highest BCUT2D eigenvalue weighted by Crippen LogP contribution is 2.30. The van der Waals surface area contributed by atoms with Crippen LogP contribution in [0.3, 0.4) is 0 Å². The molecule has 1 amide bonds. The number of nitrogens with zero attached hydrogens (tertiary/aromatic N) is 2. The van der Waals surface area contributed by atoms with Gasteiger partial charge in [-0.2, -0.15) is 5.10 Å². The standard InChI is InChI=1S/C19H16N4OS/c24-18(10-5-13-11-20-21-12-13)22-15-8-6-14(7-9-15)19-23-16-3-1-2-4-17(16)25-19/h1-4,6-9,11-12H,5,10H2,(H,20,21)(H,22,24). The van der Waals surface area contributed by atoms with Gasteiger partial charge in [0.1, 0.15) is 5.01 Å². The summed E-state index contributed by atoms with van der Waals surface area (Å²) >= 11 is 1.67. The van der Waals surface area contributed by atoms with Gasteiger partial charge in [-0.1, -0.05) is 12.1 Å². The maximum Gasteiger partial charge on any atom is 0.224 e. The summed E-state index contributed by atoms with van der Waals surface area (Å²) in [4.78, 5) is 16.7. The lowest BCUT2D eigenvalue weighted by molar-refractivity contribution is -0.116. The minimum atomic E-state index is -0.00561. The van der Waals surface area contributed by atoms with Crippen molar-refractivity contribution in [3.05, 3.63) is 66.5 Å². The van der Waals surface area contributed by atoms with E-state index in [9.17, 15) is 4.79 Å². The van der Waals surface area contributed by atoms with Gasteiger partial charge < -0.3 is 5.32 Å². The van der Waals surface area contributed by atoms with Crippen molar-refractivity contribution in [2.45, 2.75) is 12.8 Å². The molecule has 5 nitrogen and oxygen atoms in total. The summed E-state index contributed by atoms with van der Waals surface area (Å²) in [6, 6.07) is 15.9. The first-order chi connectivity index (χ1) is 12.3. The molecule has 0 fully saturated rings. The average Bonchev–Trinajstić information content (AvgIpc) is 3.30. The number of rotatable bonds is 5. The van der Waals surface area contributed by atoms with Gasteiger partial charge in [0.15, 0.2) is 0 Å². The second-order valence-corrected chi connectivity index (χ2v) is 6.75. The smallest absolute Gasteiger partial charge is 0.224 e. The third-order valence-electron chi connectivity index (χ3n) is 3.91. The molecule has 2 aromatic heterocycles. The molecule has 0 saturated heterocycles. The number of para-hydroxylation sites is 1. The summed E-state index contributed by atoms with van der Waals surface area (Å²) in [7, 11) is 0. The highest BCUT2D eigenvalue weighted by Gasteiger charge is 2.07. The van der Waals surface area contributed by atoms with Crippen molar-refractivity contribution in [1.82, 2.24) is 15.2 Å². The highest BCUT2D eigenvalue weighted by molar-refractivity contribution is 7.21. The van der Waals surface area contributed by atoms with Crippen LogP contribution >= 0.6 is 11.3 Å². The number of carbonyl (C=O) groups excluding carboxylic acids is 1. The van der Waals surface area contributed by atoms with Gasteiger partial charge in [0.2, 0.25) is 5.91 Å². The zero-order chi connectivity index (χ0) is 17.1. The number of aryl methyl sites for hydroxylation is 1. The van der Waals surface area contributed by atoms with E-state index in [1.165, 1.54) is 4.70 Å². The lowest BCUT2D eigenvalue weighted by Gasteiger charge is -2.05. The SMILES string of the molecule is O=C(CCc1cn[nH]c1)Nc1ccc(-c2nc3ccccc3s2)cc1. The number of H-pyrrole nitrogens is 1. The van der Waals surface area contributed by atoms with Gasteiger partial charge in [-0.05, 0) is 48.4 Å². The van der Waals surface area contributed by atoms with Crippen LogP contribution in [-0.2, 0) is 11.2 Å². The van der Waals surface area contributed by atoms with Gasteiger partial charge in [-0.25, -0.2) is 4.98 Å². The number of carbonyl (C=O) groups is 1. The number of amides is 1. The number of fused-ring (bicyclic) bond motifs is 1. The van der Waals surface area contributed by atoms with Gasteiger partial charge in [-0.3, -0.25) is 9.89 Å². The van der Waals surface area contributed by atoms with Crippen LogP contribution in [0.1, 0.15) is 12.0 Å². The number of nitrogens with one attached hydrogen (secondary N) is 2. The van der Waals surface area contributed by atoms with Crippen LogP contribution in [0.15, 0.2) is 60.9 Å². The minimum Gasteiger partial charge on any atom is -0.326 e. The van der Waals surface area contributed by atoms with Crippen LogP contribution < -0.4 is 5.32 Å². The van der Waals surface area contributed by atoms with Crippen molar-refractivity contribution in [2.75, 3.05) is 5.32 Å². The molecule has 0 bridgehead atoms. The molecule has 0 radical (unpaired) electrons. The fourth-order valence-electron chi connectivity index (χ4n) is 2.59. The minimum absolute atomic E-state index is 0.00561. The Hall–Kier alpha value is -2.99. The largest absolute Gasteiger partial charge is 0.326 e. The number of aromatic nitrogens is 3. The van der Waals surface area contributed by atoms with E-state index in [0.29, 0.717) is 12.8 Å². The normalized spacial score (nSPS) is 10.9. The molecule has 0 unspecified atom stereocenters. The number of aromatic amines is 1. The van der Waals surface area contributed by atoms with Gasteiger partial charge in [-0.15, -0.1) is 11.3 Å². The molecule has 0 saturated carbocycles. The lowest BCUT2D eigenvalue weighted by atomic mass is 10.2. The number of hydrogen-bond donors (Lipinski definition) is 2. The van der Waals surface area contributed by atoms with Crippen LogP contribution in [-0.4, -0.2) is 21.1 Å². The Labute approximate surface area is 148 Å². The summed E-state index contributed by atoms with van der Waals surface area (Å²) in [5, 5.41) is 10.5. The molecule has 2 heterocycles. The zero-order valence-corrected chi connectivity index (χ0v) is 14.2. The third kappa shape index (κ3) is 3.59. The van der Waals surface area contributed by atoms with E-state index in [0.717, 1.165) is 27.3 Å². The molecular formula is C19H16N4OS. The van der Waals surface area contributed by atoms with Crippen molar-refractivity contribution in [3.8, 4) is 10.6 Å². The Morgan fingerprint density at radius 1 is 1.12 bits per heavy atom. The zero-order valence-electron chi connectivity index (χ0n) is 13.4. The number of benzene rings is 2. The molecule has 0 atom stereocenters. The first-order valence-electron chi connectivity index (χ1n) is 8.01. The fourth-order valence-corrected chi connectivity index (χ4v) is 3.56. The quantitative estimate of drug-likeness (QED) is 0.566. The molecule has 0 aliphatic heterocycles. The molecule has 25 heavy (non-hydrogen) atoms. The van der Waals surface area contributed by atoms with E-state index < -0.39 is 0 Å². The average molecular weight is 348 g/mol. The number of anilines is 1. The monoisotopic (exact) mass is 348 g/mol. The van der Waals surface area contributed by atoms with E-state index in [1.54, 1.807) is 23.7 Å². The molecule has 4 rings (SSSR count). The van der Waals surface area contributed by atoms with Crippen LogP contribution in [0.25, 0.3) is 20.8 Å². The molecule has 2 N–H and O–H groups in total. The Bertz CT molecular complexity index is 957. The summed E-state index contributed by atoms with van der Waals surface area (Å²) < 4.78 is 1.18. The van der Waals surface area contributed by atoms with Crippen molar-refractivity contribution in [1.29, 1.82) is 0 Å². The molecule has 4 aromatic rings. The first-order valence-corrected chi connectivity index (χ1v) is 8.83. The van der Waals surface area contributed by atoms with Gasteiger partial charge >= 0.3 is 0 Å². The lowest BCUT2D eigenvalue weighted by Crippen LogP contribution is -2.12. The number of thiazole rings is 1. The molecule has 124 valence electrons. The predicted molar refractivity (Wildman–Crippen MR) is 101 cm³/mol. The van der Waals surface area contributed by atoms with E-state index in [2.05, 4.69) is 26.6 Å². The summed E-state index contributed by atoms with van der Waals surface area (Å²) in [5.74, 6) is -0.00561. The van der Waals surface area contributed by atoms with Gasteiger partial charge in [0.25, 0.3) is 0 Å². The maximum atomic E-state index is 12.0. The third-order valence-corrected chi connectivity index (χ3v) is 4.99. The van der Waals surface area contributed by atoms with E-state index >= 15 is 0 Å². The molecule has 0 spiro atoms. The molecule has 6 heteroatoms. The number of hydrogen-bond acceptors (Lipinski definition) is 4. The van der Waals surface area contributed by atoms with E-state index in [1.807, 2.05) is 42.5 Å². The first kappa shape index (κ1) is 15.5. The summed E-state index contributed by atoms with van der Waals surface area (Å²) in [5.41, 5.74) is 3.89. The van der Waals surface area contributed by atoms with Crippen LogP contribution in [0.4, 0.5) is 5.69 Å². The fraction of sp³-hybridized carbons (Fsp3) is 0.105. The Kier molecular flexibility index (Phi) is 4.26. The Balaban J connectivity index is 1.42. The second kappa shape index (κ2) is 6.86. The molecule has 0 aliphatic rings.